The molecule has 1 aromatic heterocycles. The average Bonchev–Trinajstić information content (AvgIpc) is 2.77. The minimum atomic E-state index is -0.384. The van der Waals surface area contributed by atoms with Crippen LogP contribution < -0.4 is 10.2 Å². The highest BCUT2D eigenvalue weighted by molar-refractivity contribution is 6.62. The van der Waals surface area contributed by atoms with Gasteiger partial charge in [0.15, 0.2) is 0 Å². The lowest BCUT2D eigenvalue weighted by atomic mass is 9.80. The zero-order valence-corrected chi connectivity index (χ0v) is 15.1. The normalized spacial score (nSPS) is 23.4. The maximum absolute atomic E-state index is 6.03. The fourth-order valence-electron chi connectivity index (χ4n) is 2.70. The van der Waals surface area contributed by atoms with Gasteiger partial charge in [0, 0.05) is 31.3 Å². The molecule has 0 aliphatic carbocycles. The lowest BCUT2D eigenvalue weighted by Crippen LogP contribution is -2.41. The van der Waals surface area contributed by atoms with Crippen LogP contribution in [0.5, 0.6) is 5.88 Å². The van der Waals surface area contributed by atoms with Crippen molar-refractivity contribution in [2.24, 2.45) is 0 Å². The first-order valence-corrected chi connectivity index (χ1v) is 8.62. The van der Waals surface area contributed by atoms with E-state index in [0.717, 1.165) is 38.3 Å². The first kappa shape index (κ1) is 17.7. The summed E-state index contributed by atoms with van der Waals surface area (Å²) >= 11 is 0. The molecule has 7 heteroatoms. The number of hydrogen-bond acceptors (Lipinski definition) is 6. The van der Waals surface area contributed by atoms with Crippen LogP contribution in [-0.2, 0) is 14.0 Å². The molecular formula is C17H27BN2O4. The van der Waals surface area contributed by atoms with Gasteiger partial charge in [0.1, 0.15) is 6.61 Å². The number of hydrogen-bond donors (Lipinski definition) is 0. The van der Waals surface area contributed by atoms with Gasteiger partial charge in [0.05, 0.1) is 24.4 Å². The van der Waals surface area contributed by atoms with E-state index in [0.29, 0.717) is 12.5 Å². The van der Waals surface area contributed by atoms with E-state index in [1.54, 1.807) is 6.20 Å². The van der Waals surface area contributed by atoms with Crippen molar-refractivity contribution >= 4 is 12.6 Å². The highest BCUT2D eigenvalue weighted by Crippen LogP contribution is 2.36. The third-order valence-corrected chi connectivity index (χ3v) is 5.05. The molecular weight excluding hydrogens is 307 g/mol. The van der Waals surface area contributed by atoms with E-state index in [4.69, 9.17) is 18.8 Å². The summed E-state index contributed by atoms with van der Waals surface area (Å²) in [5, 5.41) is 0. The van der Waals surface area contributed by atoms with Crippen molar-refractivity contribution in [1.29, 1.82) is 0 Å². The second-order valence-corrected chi connectivity index (χ2v) is 7.32. The molecule has 0 N–H and O–H groups in total. The van der Waals surface area contributed by atoms with Gasteiger partial charge in [0.25, 0.3) is 0 Å². The Morgan fingerprint density at radius 3 is 2.38 bits per heavy atom. The number of morpholine rings is 1. The van der Waals surface area contributed by atoms with Gasteiger partial charge in [-0.05, 0) is 33.8 Å². The Hall–Kier alpha value is -1.15. The van der Waals surface area contributed by atoms with Gasteiger partial charge < -0.3 is 18.8 Å². The van der Waals surface area contributed by atoms with Crippen LogP contribution in [-0.4, -0.2) is 67.7 Å². The van der Waals surface area contributed by atoms with Crippen LogP contribution in [0.1, 0.15) is 27.7 Å². The van der Waals surface area contributed by atoms with E-state index in [9.17, 15) is 0 Å². The van der Waals surface area contributed by atoms with E-state index in [1.165, 1.54) is 0 Å². The molecule has 132 valence electrons. The van der Waals surface area contributed by atoms with Gasteiger partial charge >= 0.3 is 7.12 Å². The minimum Gasteiger partial charge on any atom is -0.476 e. The number of pyridine rings is 1. The van der Waals surface area contributed by atoms with Crippen molar-refractivity contribution in [3.63, 3.8) is 0 Å². The predicted octanol–water partition coefficient (Wildman–Crippen LogP) is 1.09. The molecule has 2 aliphatic rings. The van der Waals surface area contributed by atoms with Crippen LogP contribution in [0, 0.1) is 0 Å². The van der Waals surface area contributed by atoms with Gasteiger partial charge in [-0.15, -0.1) is 0 Å². The molecule has 6 nitrogen and oxygen atoms in total. The standard InChI is InChI=1S/C17H27BN2O4/c1-16(2)17(3,4)24-18(23-16)14-5-6-15(19-13-14)22-12-9-20-7-10-21-11-8-20/h5-6,13H,7-12H2,1-4H3. The molecule has 3 heterocycles. The van der Waals surface area contributed by atoms with E-state index >= 15 is 0 Å². The van der Waals surface area contributed by atoms with Gasteiger partial charge in [0.2, 0.25) is 5.88 Å². The van der Waals surface area contributed by atoms with Crippen LogP contribution in [0.4, 0.5) is 0 Å². The SMILES string of the molecule is CC1(C)OB(c2ccc(OCCN3CCOCC3)nc2)OC1(C)C. The van der Waals surface area contributed by atoms with Gasteiger partial charge in [-0.3, -0.25) is 4.90 Å². The fourth-order valence-corrected chi connectivity index (χ4v) is 2.70. The minimum absolute atomic E-state index is 0.342. The molecule has 0 atom stereocenters. The molecule has 0 saturated carbocycles. The lowest BCUT2D eigenvalue weighted by molar-refractivity contribution is 0.00578. The summed E-state index contributed by atoms with van der Waals surface area (Å²) in [6, 6.07) is 3.83. The number of nitrogens with zero attached hydrogens (tertiary/aromatic N) is 2. The quantitative estimate of drug-likeness (QED) is 0.752. The third kappa shape index (κ3) is 3.91. The van der Waals surface area contributed by atoms with Crippen LogP contribution in [0.25, 0.3) is 0 Å². The van der Waals surface area contributed by atoms with E-state index in [1.807, 2.05) is 39.8 Å². The van der Waals surface area contributed by atoms with E-state index in [-0.39, 0.29) is 18.3 Å². The zero-order chi connectivity index (χ0) is 17.2. The second kappa shape index (κ2) is 7.00. The molecule has 24 heavy (non-hydrogen) atoms. The summed E-state index contributed by atoms with van der Waals surface area (Å²) < 4.78 is 23.1. The predicted molar refractivity (Wildman–Crippen MR) is 92.7 cm³/mol. The van der Waals surface area contributed by atoms with E-state index < -0.39 is 0 Å². The summed E-state index contributed by atoms with van der Waals surface area (Å²) in [6.07, 6.45) is 1.77. The maximum atomic E-state index is 6.03. The first-order chi connectivity index (χ1) is 11.4. The second-order valence-electron chi connectivity index (χ2n) is 7.32. The largest absolute Gasteiger partial charge is 0.496 e. The highest BCUT2D eigenvalue weighted by Gasteiger charge is 2.51. The Labute approximate surface area is 144 Å². The van der Waals surface area contributed by atoms with Crippen molar-refractivity contribution in [3.05, 3.63) is 18.3 Å². The van der Waals surface area contributed by atoms with Crippen LogP contribution in [0.15, 0.2) is 18.3 Å². The Bertz CT molecular complexity index is 528. The Morgan fingerprint density at radius 1 is 1.12 bits per heavy atom. The van der Waals surface area contributed by atoms with Crippen molar-refractivity contribution in [2.75, 3.05) is 39.5 Å². The lowest BCUT2D eigenvalue weighted by Gasteiger charge is -2.32. The Balaban J connectivity index is 1.50. The van der Waals surface area contributed by atoms with Crippen molar-refractivity contribution < 1.29 is 18.8 Å². The average molecular weight is 334 g/mol. The zero-order valence-electron chi connectivity index (χ0n) is 15.1. The maximum Gasteiger partial charge on any atom is 0.496 e. The summed E-state index contributed by atoms with van der Waals surface area (Å²) in [6.45, 7) is 13.3. The van der Waals surface area contributed by atoms with Crippen molar-refractivity contribution in [1.82, 2.24) is 9.88 Å². The van der Waals surface area contributed by atoms with Crippen molar-refractivity contribution in [3.8, 4) is 5.88 Å². The number of aromatic nitrogens is 1. The summed E-state index contributed by atoms with van der Waals surface area (Å²) in [4.78, 5) is 6.71. The van der Waals surface area contributed by atoms with Crippen molar-refractivity contribution in [2.45, 2.75) is 38.9 Å². The highest BCUT2D eigenvalue weighted by atomic mass is 16.7. The van der Waals surface area contributed by atoms with Gasteiger partial charge in [-0.25, -0.2) is 4.98 Å². The molecule has 0 amide bonds. The molecule has 2 fully saturated rings. The molecule has 2 saturated heterocycles. The molecule has 0 spiro atoms. The van der Waals surface area contributed by atoms with Crippen LogP contribution in [0.3, 0.4) is 0 Å². The molecule has 0 bridgehead atoms. The van der Waals surface area contributed by atoms with E-state index in [2.05, 4.69) is 9.88 Å². The van der Waals surface area contributed by atoms with Gasteiger partial charge in [-0.1, -0.05) is 6.07 Å². The first-order valence-electron chi connectivity index (χ1n) is 8.62. The van der Waals surface area contributed by atoms with Crippen LogP contribution >= 0.6 is 0 Å². The number of ether oxygens (including phenoxy) is 2. The number of rotatable bonds is 5. The summed E-state index contributed by atoms with van der Waals surface area (Å²) in [7, 11) is -0.384. The molecule has 1 aromatic rings. The van der Waals surface area contributed by atoms with Crippen LogP contribution in [0.2, 0.25) is 0 Å². The molecule has 0 radical (unpaired) electrons. The van der Waals surface area contributed by atoms with Gasteiger partial charge in [-0.2, -0.15) is 0 Å². The smallest absolute Gasteiger partial charge is 0.476 e. The monoisotopic (exact) mass is 334 g/mol. The molecule has 0 aromatic carbocycles. The fraction of sp³-hybridized carbons (Fsp3) is 0.706. The topological polar surface area (TPSA) is 53.1 Å². The molecule has 3 rings (SSSR count). The summed E-state index contributed by atoms with van der Waals surface area (Å²) in [5.74, 6) is 0.628. The molecule has 0 unspecified atom stereocenters. The third-order valence-electron chi connectivity index (χ3n) is 5.05. The Morgan fingerprint density at radius 2 is 1.79 bits per heavy atom. The molecule has 2 aliphatic heterocycles. The summed E-state index contributed by atoms with van der Waals surface area (Å²) in [5.41, 5.74) is 0.227. The Kier molecular flexibility index (Phi) is 5.15.